The zero-order chi connectivity index (χ0) is 15.7. The summed E-state index contributed by atoms with van der Waals surface area (Å²) in [5.41, 5.74) is 1.07. The van der Waals surface area contributed by atoms with E-state index in [1.807, 2.05) is 6.07 Å². The summed E-state index contributed by atoms with van der Waals surface area (Å²) in [5, 5.41) is 3.02. The zero-order valence-electron chi connectivity index (χ0n) is 13.0. The molecule has 0 aromatic heterocycles. The van der Waals surface area contributed by atoms with Crippen molar-refractivity contribution in [2.45, 2.75) is 26.7 Å². The summed E-state index contributed by atoms with van der Waals surface area (Å²) in [5.74, 6) is -0.380. The highest BCUT2D eigenvalue weighted by Gasteiger charge is 2.13. The van der Waals surface area contributed by atoms with Crippen molar-refractivity contribution in [3.05, 3.63) is 29.8 Å². The number of hydrogen-bond acceptors (Lipinski definition) is 4. The van der Waals surface area contributed by atoms with Gasteiger partial charge in [0.2, 0.25) is 5.91 Å². The lowest BCUT2D eigenvalue weighted by Gasteiger charge is -2.18. The molecule has 1 amide bonds. The highest BCUT2D eigenvalue weighted by atomic mass is 16.5. The fraction of sp³-hybridized carbons (Fsp3) is 0.500. The molecule has 0 saturated heterocycles. The molecule has 0 spiro atoms. The third-order valence-electron chi connectivity index (χ3n) is 3.13. The lowest BCUT2D eigenvalue weighted by Crippen LogP contribution is -2.33. The number of anilines is 1. The van der Waals surface area contributed by atoms with Gasteiger partial charge in [-0.15, -0.1) is 0 Å². The largest absolute Gasteiger partial charge is 0.462 e. The second-order valence-corrected chi connectivity index (χ2v) is 4.79. The molecule has 5 nitrogen and oxygen atoms in total. The van der Waals surface area contributed by atoms with Crippen LogP contribution < -0.4 is 5.32 Å². The van der Waals surface area contributed by atoms with Gasteiger partial charge in [0.1, 0.15) is 0 Å². The number of benzene rings is 1. The molecule has 0 saturated carbocycles. The van der Waals surface area contributed by atoms with Gasteiger partial charge in [0.05, 0.1) is 18.7 Å². The highest BCUT2D eigenvalue weighted by molar-refractivity contribution is 5.96. The number of hydrogen-bond donors (Lipinski definition) is 1. The molecule has 21 heavy (non-hydrogen) atoms. The summed E-state index contributed by atoms with van der Waals surface area (Å²) in [7, 11) is 1.79. The Morgan fingerprint density at radius 3 is 2.62 bits per heavy atom. The SMILES string of the molecule is CCCCN(C)C(=O)CNc1ccccc1C(=O)OCC. The number of rotatable bonds is 8. The highest BCUT2D eigenvalue weighted by Crippen LogP contribution is 2.16. The molecule has 0 atom stereocenters. The van der Waals surface area contributed by atoms with Gasteiger partial charge in [-0.2, -0.15) is 0 Å². The van der Waals surface area contributed by atoms with Gasteiger partial charge in [0.15, 0.2) is 0 Å². The quantitative estimate of drug-likeness (QED) is 0.748. The predicted molar refractivity (Wildman–Crippen MR) is 83.4 cm³/mol. The van der Waals surface area contributed by atoms with Crippen LogP contribution in [0.1, 0.15) is 37.0 Å². The standard InChI is InChI=1S/C16H24N2O3/c1-4-6-11-18(3)15(19)12-17-14-10-8-7-9-13(14)16(20)21-5-2/h7-10,17H,4-6,11-12H2,1-3H3. The second-order valence-electron chi connectivity index (χ2n) is 4.79. The Hall–Kier alpha value is -2.04. The molecule has 0 aliphatic rings. The van der Waals surface area contributed by atoms with E-state index in [9.17, 15) is 9.59 Å². The molecule has 1 N–H and O–H groups in total. The summed E-state index contributed by atoms with van der Waals surface area (Å²) in [6.07, 6.45) is 2.04. The third kappa shape index (κ3) is 5.45. The van der Waals surface area contributed by atoms with E-state index in [0.717, 1.165) is 19.4 Å². The topological polar surface area (TPSA) is 58.6 Å². The fourth-order valence-electron chi connectivity index (χ4n) is 1.85. The maximum atomic E-state index is 12.0. The maximum absolute atomic E-state index is 12.0. The van der Waals surface area contributed by atoms with E-state index < -0.39 is 0 Å². The van der Waals surface area contributed by atoms with Gasteiger partial charge < -0.3 is 15.0 Å². The number of esters is 1. The molecular formula is C16H24N2O3. The van der Waals surface area contributed by atoms with Crippen LogP contribution in [0.5, 0.6) is 0 Å². The Bertz CT molecular complexity index is 474. The minimum Gasteiger partial charge on any atom is -0.462 e. The van der Waals surface area contributed by atoms with Crippen LogP contribution in [0.3, 0.4) is 0 Å². The van der Waals surface area contributed by atoms with Gasteiger partial charge >= 0.3 is 5.97 Å². The second kappa shape index (κ2) is 9.00. The van der Waals surface area contributed by atoms with Crippen LogP contribution in [-0.2, 0) is 9.53 Å². The molecule has 0 aliphatic heterocycles. The van der Waals surface area contributed by atoms with Crippen LogP contribution in [0.2, 0.25) is 0 Å². The van der Waals surface area contributed by atoms with Crippen molar-refractivity contribution in [2.75, 3.05) is 32.1 Å². The molecule has 0 radical (unpaired) electrons. The Labute approximate surface area is 126 Å². The number of para-hydroxylation sites is 1. The monoisotopic (exact) mass is 292 g/mol. The number of amides is 1. The molecule has 1 rings (SSSR count). The van der Waals surface area contributed by atoms with Crippen molar-refractivity contribution < 1.29 is 14.3 Å². The van der Waals surface area contributed by atoms with Gasteiger partial charge in [-0.1, -0.05) is 25.5 Å². The molecule has 5 heteroatoms. The first-order valence-corrected chi connectivity index (χ1v) is 7.34. The number of carbonyl (C=O) groups is 2. The molecule has 0 unspecified atom stereocenters. The Morgan fingerprint density at radius 1 is 1.24 bits per heavy atom. The van der Waals surface area contributed by atoms with Crippen LogP contribution in [0.15, 0.2) is 24.3 Å². The molecule has 0 bridgehead atoms. The van der Waals surface area contributed by atoms with Gasteiger partial charge in [0, 0.05) is 19.3 Å². The predicted octanol–water partition coefficient (Wildman–Crippen LogP) is 2.53. The zero-order valence-corrected chi connectivity index (χ0v) is 13.0. The minimum absolute atomic E-state index is 0.00196. The lowest BCUT2D eigenvalue weighted by molar-refractivity contribution is -0.128. The maximum Gasteiger partial charge on any atom is 0.340 e. The summed E-state index contributed by atoms with van der Waals surface area (Å²) in [6.45, 7) is 5.09. The van der Waals surface area contributed by atoms with Crippen molar-refractivity contribution in [1.82, 2.24) is 4.90 Å². The molecule has 0 fully saturated rings. The van der Waals surface area contributed by atoms with Crippen LogP contribution >= 0.6 is 0 Å². The number of nitrogens with zero attached hydrogens (tertiary/aromatic N) is 1. The summed E-state index contributed by atoms with van der Waals surface area (Å²) in [6, 6.07) is 7.04. The molecule has 0 heterocycles. The third-order valence-corrected chi connectivity index (χ3v) is 3.13. The number of nitrogens with one attached hydrogen (secondary N) is 1. The van der Waals surface area contributed by atoms with Gasteiger partial charge in [-0.25, -0.2) is 4.79 Å². The Kier molecular flexibility index (Phi) is 7.29. The van der Waals surface area contributed by atoms with Gasteiger partial charge in [0.25, 0.3) is 0 Å². The lowest BCUT2D eigenvalue weighted by atomic mass is 10.2. The summed E-state index contributed by atoms with van der Waals surface area (Å²) < 4.78 is 5.00. The van der Waals surface area contributed by atoms with Crippen LogP contribution in [0.25, 0.3) is 0 Å². The Morgan fingerprint density at radius 2 is 1.95 bits per heavy atom. The van der Waals surface area contributed by atoms with E-state index in [4.69, 9.17) is 4.74 Å². The smallest absolute Gasteiger partial charge is 0.340 e. The van der Waals surface area contributed by atoms with Crippen LogP contribution in [0.4, 0.5) is 5.69 Å². The van der Waals surface area contributed by atoms with E-state index >= 15 is 0 Å². The van der Waals surface area contributed by atoms with Gasteiger partial charge in [-0.05, 0) is 25.5 Å². The average Bonchev–Trinajstić information content (AvgIpc) is 2.50. The summed E-state index contributed by atoms with van der Waals surface area (Å²) >= 11 is 0. The van der Waals surface area contributed by atoms with Gasteiger partial charge in [-0.3, -0.25) is 4.79 Å². The fourth-order valence-corrected chi connectivity index (χ4v) is 1.85. The van der Waals surface area contributed by atoms with E-state index in [1.54, 1.807) is 37.1 Å². The Balaban J connectivity index is 2.63. The van der Waals surface area contributed by atoms with E-state index in [2.05, 4.69) is 12.2 Å². The van der Waals surface area contributed by atoms with E-state index in [-0.39, 0.29) is 18.4 Å². The summed E-state index contributed by atoms with van der Waals surface area (Å²) in [4.78, 5) is 25.5. The minimum atomic E-state index is -0.382. The average molecular weight is 292 g/mol. The van der Waals surface area contributed by atoms with Crippen molar-refractivity contribution in [3.63, 3.8) is 0 Å². The molecule has 1 aromatic carbocycles. The van der Waals surface area contributed by atoms with Crippen molar-refractivity contribution in [3.8, 4) is 0 Å². The molecular weight excluding hydrogens is 268 g/mol. The normalized spacial score (nSPS) is 10.0. The molecule has 116 valence electrons. The first-order chi connectivity index (χ1) is 10.1. The first-order valence-electron chi connectivity index (χ1n) is 7.34. The van der Waals surface area contributed by atoms with E-state index in [0.29, 0.717) is 17.9 Å². The number of likely N-dealkylation sites (N-methyl/N-ethyl adjacent to an activating group) is 1. The van der Waals surface area contributed by atoms with E-state index in [1.165, 1.54) is 0 Å². The molecule has 0 aliphatic carbocycles. The number of carbonyl (C=O) groups excluding carboxylic acids is 2. The van der Waals surface area contributed by atoms with Crippen molar-refractivity contribution >= 4 is 17.6 Å². The van der Waals surface area contributed by atoms with Crippen LogP contribution in [-0.4, -0.2) is 43.5 Å². The molecule has 1 aromatic rings. The van der Waals surface area contributed by atoms with Crippen LogP contribution in [0, 0.1) is 0 Å². The number of ether oxygens (including phenoxy) is 1. The van der Waals surface area contributed by atoms with Crippen molar-refractivity contribution in [1.29, 1.82) is 0 Å². The van der Waals surface area contributed by atoms with Crippen molar-refractivity contribution in [2.24, 2.45) is 0 Å². The number of unbranched alkanes of at least 4 members (excludes halogenated alkanes) is 1. The first kappa shape index (κ1) is 17.0.